The third kappa shape index (κ3) is 2.18. The molecule has 1 aliphatic heterocycles. The lowest BCUT2D eigenvalue weighted by molar-refractivity contribution is 0.281. The molecule has 0 bridgehead atoms. The van der Waals surface area contributed by atoms with Crippen molar-refractivity contribution in [3.63, 3.8) is 0 Å². The van der Waals surface area contributed by atoms with Crippen molar-refractivity contribution in [2.45, 2.75) is 20.0 Å². The van der Waals surface area contributed by atoms with E-state index in [9.17, 15) is 5.11 Å². The zero-order valence-corrected chi connectivity index (χ0v) is 8.98. The van der Waals surface area contributed by atoms with Gasteiger partial charge in [-0.15, -0.1) is 0 Å². The first-order valence-electron chi connectivity index (χ1n) is 5.26. The van der Waals surface area contributed by atoms with Gasteiger partial charge in [0.15, 0.2) is 0 Å². The highest BCUT2D eigenvalue weighted by Crippen LogP contribution is 2.20. The highest BCUT2D eigenvalue weighted by atomic mass is 16.3. The van der Waals surface area contributed by atoms with Crippen LogP contribution in [0.5, 0.6) is 0 Å². The molecule has 0 aliphatic carbocycles. The van der Waals surface area contributed by atoms with Crippen molar-refractivity contribution in [3.05, 3.63) is 35.5 Å². The van der Waals surface area contributed by atoms with Gasteiger partial charge in [0.1, 0.15) is 5.82 Å². The van der Waals surface area contributed by atoms with Gasteiger partial charge in [0.2, 0.25) is 0 Å². The predicted molar refractivity (Wildman–Crippen MR) is 60.7 cm³/mol. The first-order chi connectivity index (χ1) is 7.31. The van der Waals surface area contributed by atoms with E-state index in [-0.39, 0.29) is 6.61 Å². The molecule has 1 N–H and O–H groups in total. The van der Waals surface area contributed by atoms with Crippen LogP contribution in [0.1, 0.15) is 18.9 Å². The van der Waals surface area contributed by atoms with Gasteiger partial charge >= 0.3 is 0 Å². The minimum Gasteiger partial charge on any atom is -0.392 e. The van der Waals surface area contributed by atoms with E-state index in [0.29, 0.717) is 0 Å². The minimum atomic E-state index is 0.0579. The summed E-state index contributed by atoms with van der Waals surface area (Å²) in [5.41, 5.74) is 2.35. The maximum absolute atomic E-state index is 9.22. The van der Waals surface area contributed by atoms with Gasteiger partial charge in [-0.05, 0) is 19.4 Å². The molecule has 0 fully saturated rings. The SMILES string of the molecule is CC1=CCN(c2ncccc2CO)CC1. The number of pyridine rings is 1. The van der Waals surface area contributed by atoms with Gasteiger partial charge in [-0.3, -0.25) is 0 Å². The van der Waals surface area contributed by atoms with Gasteiger partial charge in [-0.2, -0.15) is 0 Å². The van der Waals surface area contributed by atoms with Crippen LogP contribution in [0.3, 0.4) is 0 Å². The van der Waals surface area contributed by atoms with Crippen LogP contribution < -0.4 is 4.90 Å². The van der Waals surface area contributed by atoms with Crippen molar-refractivity contribution in [2.75, 3.05) is 18.0 Å². The minimum absolute atomic E-state index is 0.0579. The number of hydrogen-bond acceptors (Lipinski definition) is 3. The summed E-state index contributed by atoms with van der Waals surface area (Å²) in [5, 5.41) is 9.22. The summed E-state index contributed by atoms with van der Waals surface area (Å²) in [7, 11) is 0. The van der Waals surface area contributed by atoms with Gasteiger partial charge in [0, 0.05) is 24.8 Å². The fourth-order valence-electron chi connectivity index (χ4n) is 1.80. The molecule has 0 radical (unpaired) electrons. The lowest BCUT2D eigenvalue weighted by Crippen LogP contribution is -2.29. The van der Waals surface area contributed by atoms with E-state index in [0.717, 1.165) is 30.9 Å². The van der Waals surface area contributed by atoms with Gasteiger partial charge in [-0.1, -0.05) is 17.7 Å². The molecule has 0 aromatic carbocycles. The largest absolute Gasteiger partial charge is 0.392 e. The van der Waals surface area contributed by atoms with E-state index in [2.05, 4.69) is 22.9 Å². The second kappa shape index (κ2) is 4.45. The van der Waals surface area contributed by atoms with E-state index >= 15 is 0 Å². The first kappa shape index (κ1) is 10.2. The van der Waals surface area contributed by atoms with Crippen LogP contribution >= 0.6 is 0 Å². The second-order valence-electron chi connectivity index (χ2n) is 3.89. The summed E-state index contributed by atoms with van der Waals surface area (Å²) < 4.78 is 0. The summed E-state index contributed by atoms with van der Waals surface area (Å²) in [4.78, 5) is 6.54. The van der Waals surface area contributed by atoms with Crippen molar-refractivity contribution in [1.29, 1.82) is 0 Å². The van der Waals surface area contributed by atoms with E-state index < -0.39 is 0 Å². The quantitative estimate of drug-likeness (QED) is 0.745. The van der Waals surface area contributed by atoms with E-state index in [1.165, 1.54) is 5.57 Å². The maximum Gasteiger partial charge on any atom is 0.134 e. The Morgan fingerprint density at radius 2 is 2.40 bits per heavy atom. The molecule has 0 amide bonds. The fraction of sp³-hybridized carbons (Fsp3) is 0.417. The lowest BCUT2D eigenvalue weighted by Gasteiger charge is -2.27. The molecular weight excluding hydrogens is 188 g/mol. The molecule has 0 atom stereocenters. The molecule has 1 aromatic heterocycles. The Morgan fingerprint density at radius 1 is 1.53 bits per heavy atom. The number of rotatable bonds is 2. The van der Waals surface area contributed by atoms with Crippen molar-refractivity contribution < 1.29 is 5.11 Å². The van der Waals surface area contributed by atoms with Crippen LogP contribution in [0.4, 0.5) is 5.82 Å². The highest BCUT2D eigenvalue weighted by Gasteiger charge is 2.13. The first-order valence-corrected chi connectivity index (χ1v) is 5.26. The Kier molecular flexibility index (Phi) is 3.02. The topological polar surface area (TPSA) is 36.4 Å². The summed E-state index contributed by atoms with van der Waals surface area (Å²) in [6.45, 7) is 4.10. The second-order valence-corrected chi connectivity index (χ2v) is 3.89. The van der Waals surface area contributed by atoms with Crippen LogP contribution in [0, 0.1) is 0 Å². The standard InChI is InChI=1S/C12H16N2O/c1-10-4-7-14(8-5-10)12-11(9-15)3-2-6-13-12/h2-4,6,15H,5,7-9H2,1H3. The molecular formula is C12H16N2O. The van der Waals surface area contributed by atoms with Gasteiger partial charge in [0.05, 0.1) is 6.61 Å². The monoisotopic (exact) mass is 204 g/mol. The summed E-state index contributed by atoms with van der Waals surface area (Å²) in [6, 6.07) is 3.79. The molecule has 2 rings (SSSR count). The smallest absolute Gasteiger partial charge is 0.134 e. The zero-order chi connectivity index (χ0) is 10.7. The molecule has 2 heterocycles. The van der Waals surface area contributed by atoms with Crippen molar-refractivity contribution in [1.82, 2.24) is 4.98 Å². The molecule has 80 valence electrons. The van der Waals surface area contributed by atoms with Gasteiger partial charge in [-0.25, -0.2) is 4.98 Å². The average Bonchev–Trinajstić information content (AvgIpc) is 2.30. The molecule has 0 unspecified atom stereocenters. The van der Waals surface area contributed by atoms with Gasteiger partial charge in [0.25, 0.3) is 0 Å². The number of nitrogens with zero attached hydrogens (tertiary/aromatic N) is 2. The zero-order valence-electron chi connectivity index (χ0n) is 8.98. The highest BCUT2D eigenvalue weighted by molar-refractivity contribution is 5.48. The van der Waals surface area contributed by atoms with E-state index in [4.69, 9.17) is 0 Å². The molecule has 15 heavy (non-hydrogen) atoms. The Labute approximate surface area is 90.1 Å². The number of aliphatic hydroxyl groups is 1. The molecule has 1 aliphatic rings. The maximum atomic E-state index is 9.22. The average molecular weight is 204 g/mol. The molecule has 0 saturated heterocycles. The summed E-state index contributed by atoms with van der Waals surface area (Å²) >= 11 is 0. The van der Waals surface area contributed by atoms with Crippen molar-refractivity contribution in [3.8, 4) is 0 Å². The van der Waals surface area contributed by atoms with Crippen molar-refractivity contribution in [2.24, 2.45) is 0 Å². The fourth-order valence-corrected chi connectivity index (χ4v) is 1.80. The lowest BCUT2D eigenvalue weighted by atomic mass is 10.1. The van der Waals surface area contributed by atoms with Crippen LogP contribution in [-0.4, -0.2) is 23.2 Å². The third-order valence-electron chi connectivity index (χ3n) is 2.77. The van der Waals surface area contributed by atoms with Crippen LogP contribution in [0.15, 0.2) is 30.0 Å². The Hall–Kier alpha value is -1.35. The summed E-state index contributed by atoms with van der Waals surface area (Å²) in [6.07, 6.45) is 5.08. The van der Waals surface area contributed by atoms with Crippen LogP contribution in [0.2, 0.25) is 0 Å². The number of anilines is 1. The molecule has 3 heteroatoms. The van der Waals surface area contributed by atoms with Crippen LogP contribution in [-0.2, 0) is 6.61 Å². The third-order valence-corrected chi connectivity index (χ3v) is 2.77. The predicted octanol–water partition coefficient (Wildman–Crippen LogP) is 1.73. The molecule has 0 spiro atoms. The summed E-state index contributed by atoms with van der Waals surface area (Å²) in [5.74, 6) is 0.920. The number of aromatic nitrogens is 1. The normalized spacial score (nSPS) is 16.4. The Morgan fingerprint density at radius 3 is 3.07 bits per heavy atom. The van der Waals surface area contributed by atoms with E-state index in [1.54, 1.807) is 6.20 Å². The van der Waals surface area contributed by atoms with Crippen LogP contribution in [0.25, 0.3) is 0 Å². The molecule has 0 saturated carbocycles. The Balaban J connectivity index is 2.22. The molecule has 3 nitrogen and oxygen atoms in total. The van der Waals surface area contributed by atoms with Gasteiger partial charge < -0.3 is 10.0 Å². The Bertz CT molecular complexity index is 374. The number of hydrogen-bond donors (Lipinski definition) is 1. The molecule has 1 aromatic rings. The number of aliphatic hydroxyl groups excluding tert-OH is 1. The van der Waals surface area contributed by atoms with Crippen molar-refractivity contribution >= 4 is 5.82 Å². The van der Waals surface area contributed by atoms with E-state index in [1.807, 2.05) is 12.1 Å².